The first kappa shape index (κ1) is 9.24. The minimum Gasteiger partial charge on any atom is -0.384 e. The SMILES string of the molecule is Nc1cc(NC2CCCCC2)ncn1. The third-order valence-corrected chi connectivity index (χ3v) is 2.65. The van der Waals surface area contributed by atoms with Crippen LogP contribution in [0.1, 0.15) is 32.1 Å². The molecule has 1 aromatic rings. The molecule has 1 aromatic heterocycles. The molecule has 14 heavy (non-hydrogen) atoms. The minimum absolute atomic E-state index is 0.526. The molecule has 1 aliphatic rings. The predicted octanol–water partition coefficient (Wildman–Crippen LogP) is 1.80. The molecule has 0 atom stereocenters. The van der Waals surface area contributed by atoms with Crippen molar-refractivity contribution in [3.05, 3.63) is 12.4 Å². The van der Waals surface area contributed by atoms with Crippen LogP contribution in [0.2, 0.25) is 0 Å². The Kier molecular flexibility index (Phi) is 2.81. The molecule has 4 nitrogen and oxygen atoms in total. The summed E-state index contributed by atoms with van der Waals surface area (Å²) >= 11 is 0. The molecular formula is C10H16N4. The van der Waals surface area contributed by atoms with Gasteiger partial charge in [0.15, 0.2) is 0 Å². The van der Waals surface area contributed by atoms with E-state index < -0.39 is 0 Å². The van der Waals surface area contributed by atoms with Crippen molar-refractivity contribution in [3.63, 3.8) is 0 Å². The van der Waals surface area contributed by atoms with E-state index in [0.717, 1.165) is 5.82 Å². The Balaban J connectivity index is 1.95. The largest absolute Gasteiger partial charge is 0.384 e. The van der Waals surface area contributed by atoms with Crippen molar-refractivity contribution < 1.29 is 0 Å². The van der Waals surface area contributed by atoms with E-state index in [1.54, 1.807) is 6.07 Å². The molecule has 0 unspecified atom stereocenters. The average Bonchev–Trinajstić information content (AvgIpc) is 2.19. The molecule has 4 heteroatoms. The van der Waals surface area contributed by atoms with E-state index in [2.05, 4.69) is 15.3 Å². The number of rotatable bonds is 2. The molecular weight excluding hydrogens is 176 g/mol. The van der Waals surface area contributed by atoms with E-state index in [1.807, 2.05) is 0 Å². The first-order chi connectivity index (χ1) is 6.84. The molecule has 0 spiro atoms. The summed E-state index contributed by atoms with van der Waals surface area (Å²) in [4.78, 5) is 7.99. The summed E-state index contributed by atoms with van der Waals surface area (Å²) in [6.07, 6.45) is 7.98. The standard InChI is InChI=1S/C10H16N4/c11-9-6-10(13-7-12-9)14-8-4-2-1-3-5-8/h6-8H,1-5H2,(H3,11,12,13,14). The highest BCUT2D eigenvalue weighted by atomic mass is 15.0. The van der Waals surface area contributed by atoms with Crippen molar-refractivity contribution in [3.8, 4) is 0 Å². The highest BCUT2D eigenvalue weighted by Crippen LogP contribution is 2.20. The predicted molar refractivity (Wildman–Crippen MR) is 56.9 cm³/mol. The summed E-state index contributed by atoms with van der Waals surface area (Å²) in [5.41, 5.74) is 5.57. The fourth-order valence-corrected chi connectivity index (χ4v) is 1.91. The summed E-state index contributed by atoms with van der Waals surface area (Å²) in [6.45, 7) is 0. The first-order valence-corrected chi connectivity index (χ1v) is 5.18. The van der Waals surface area contributed by atoms with Crippen LogP contribution in [0, 0.1) is 0 Å². The highest BCUT2D eigenvalue weighted by Gasteiger charge is 2.13. The van der Waals surface area contributed by atoms with Gasteiger partial charge in [-0.2, -0.15) is 0 Å². The lowest BCUT2D eigenvalue weighted by Crippen LogP contribution is -2.22. The van der Waals surface area contributed by atoms with Gasteiger partial charge in [-0.15, -0.1) is 0 Å². The second-order valence-corrected chi connectivity index (χ2v) is 3.81. The number of hydrogen-bond acceptors (Lipinski definition) is 4. The number of nitrogen functional groups attached to an aromatic ring is 1. The van der Waals surface area contributed by atoms with Gasteiger partial charge < -0.3 is 11.1 Å². The summed E-state index contributed by atoms with van der Waals surface area (Å²) in [7, 11) is 0. The van der Waals surface area contributed by atoms with E-state index in [9.17, 15) is 0 Å². The normalized spacial score (nSPS) is 18.0. The average molecular weight is 192 g/mol. The van der Waals surface area contributed by atoms with Crippen molar-refractivity contribution in [2.45, 2.75) is 38.1 Å². The van der Waals surface area contributed by atoms with Gasteiger partial charge in [0.25, 0.3) is 0 Å². The molecule has 2 rings (SSSR count). The Morgan fingerprint density at radius 3 is 2.71 bits per heavy atom. The number of aromatic nitrogens is 2. The first-order valence-electron chi connectivity index (χ1n) is 5.18. The highest BCUT2D eigenvalue weighted by molar-refractivity contribution is 5.43. The third-order valence-electron chi connectivity index (χ3n) is 2.65. The second kappa shape index (κ2) is 4.26. The maximum atomic E-state index is 5.57. The van der Waals surface area contributed by atoms with Crippen LogP contribution in [0.3, 0.4) is 0 Å². The van der Waals surface area contributed by atoms with Crippen molar-refractivity contribution in [1.82, 2.24) is 9.97 Å². The topological polar surface area (TPSA) is 63.8 Å². The van der Waals surface area contributed by atoms with Crippen LogP contribution in [0.5, 0.6) is 0 Å². The van der Waals surface area contributed by atoms with Gasteiger partial charge in [-0.1, -0.05) is 19.3 Å². The molecule has 3 N–H and O–H groups in total. The Morgan fingerprint density at radius 2 is 2.00 bits per heavy atom. The maximum Gasteiger partial charge on any atom is 0.131 e. The lowest BCUT2D eigenvalue weighted by Gasteiger charge is -2.23. The number of nitrogens with two attached hydrogens (primary N) is 1. The molecule has 1 aliphatic carbocycles. The zero-order chi connectivity index (χ0) is 9.80. The van der Waals surface area contributed by atoms with E-state index >= 15 is 0 Å². The van der Waals surface area contributed by atoms with Gasteiger partial charge >= 0.3 is 0 Å². The molecule has 1 fully saturated rings. The number of nitrogens with one attached hydrogen (secondary N) is 1. The van der Waals surface area contributed by atoms with Crippen molar-refractivity contribution in [2.24, 2.45) is 0 Å². The van der Waals surface area contributed by atoms with Gasteiger partial charge in [-0.05, 0) is 12.8 Å². The lowest BCUT2D eigenvalue weighted by molar-refractivity contribution is 0.462. The lowest BCUT2D eigenvalue weighted by atomic mass is 9.95. The van der Waals surface area contributed by atoms with Crippen molar-refractivity contribution >= 4 is 11.6 Å². The van der Waals surface area contributed by atoms with Gasteiger partial charge in [0, 0.05) is 12.1 Å². The molecule has 0 aliphatic heterocycles. The Hall–Kier alpha value is -1.32. The molecule has 1 heterocycles. The van der Waals surface area contributed by atoms with Crippen molar-refractivity contribution in [2.75, 3.05) is 11.1 Å². The second-order valence-electron chi connectivity index (χ2n) is 3.81. The van der Waals surface area contributed by atoms with Gasteiger partial charge in [0.05, 0.1) is 0 Å². The maximum absolute atomic E-state index is 5.57. The monoisotopic (exact) mass is 192 g/mol. The zero-order valence-electron chi connectivity index (χ0n) is 8.24. The summed E-state index contributed by atoms with van der Waals surface area (Å²) in [6, 6.07) is 2.35. The summed E-state index contributed by atoms with van der Waals surface area (Å²) in [5, 5.41) is 3.39. The minimum atomic E-state index is 0.526. The quantitative estimate of drug-likeness (QED) is 0.750. The van der Waals surface area contributed by atoms with E-state index in [1.165, 1.54) is 38.4 Å². The summed E-state index contributed by atoms with van der Waals surface area (Å²) in [5.74, 6) is 1.38. The molecule has 0 radical (unpaired) electrons. The Morgan fingerprint density at radius 1 is 1.21 bits per heavy atom. The Labute approximate surface area is 83.9 Å². The van der Waals surface area contributed by atoms with Gasteiger partial charge in [0.1, 0.15) is 18.0 Å². The van der Waals surface area contributed by atoms with Gasteiger partial charge in [-0.3, -0.25) is 0 Å². The van der Waals surface area contributed by atoms with Crippen LogP contribution >= 0.6 is 0 Å². The van der Waals surface area contributed by atoms with Crippen molar-refractivity contribution in [1.29, 1.82) is 0 Å². The summed E-state index contributed by atoms with van der Waals surface area (Å²) < 4.78 is 0. The van der Waals surface area contributed by atoms with Gasteiger partial charge in [0.2, 0.25) is 0 Å². The number of anilines is 2. The third kappa shape index (κ3) is 2.34. The smallest absolute Gasteiger partial charge is 0.131 e. The van der Waals surface area contributed by atoms with E-state index in [-0.39, 0.29) is 0 Å². The molecule has 0 aromatic carbocycles. The van der Waals surface area contributed by atoms with Crippen LogP contribution in [0.25, 0.3) is 0 Å². The van der Waals surface area contributed by atoms with Crippen LogP contribution in [-0.4, -0.2) is 16.0 Å². The van der Waals surface area contributed by atoms with Gasteiger partial charge in [-0.25, -0.2) is 9.97 Å². The fourth-order valence-electron chi connectivity index (χ4n) is 1.91. The molecule has 76 valence electrons. The van der Waals surface area contributed by atoms with Crippen LogP contribution < -0.4 is 11.1 Å². The molecule has 1 saturated carbocycles. The number of nitrogens with zero attached hydrogens (tertiary/aromatic N) is 2. The van der Waals surface area contributed by atoms with Crippen LogP contribution in [0.4, 0.5) is 11.6 Å². The van der Waals surface area contributed by atoms with E-state index in [0.29, 0.717) is 11.9 Å². The fraction of sp³-hybridized carbons (Fsp3) is 0.600. The van der Waals surface area contributed by atoms with Crippen LogP contribution in [0.15, 0.2) is 12.4 Å². The molecule has 0 saturated heterocycles. The van der Waals surface area contributed by atoms with E-state index in [4.69, 9.17) is 5.73 Å². The van der Waals surface area contributed by atoms with Crippen LogP contribution in [-0.2, 0) is 0 Å². The molecule has 0 amide bonds. The Bertz CT molecular complexity index is 294. The zero-order valence-corrected chi connectivity index (χ0v) is 8.24. The molecule has 0 bridgehead atoms. The number of hydrogen-bond donors (Lipinski definition) is 2.